The molecule has 1 saturated carbocycles. The second kappa shape index (κ2) is 5.64. The largest absolute Gasteiger partial charge is 0.370 e. The van der Waals surface area contributed by atoms with E-state index in [9.17, 15) is 4.79 Å². The van der Waals surface area contributed by atoms with E-state index in [0.717, 1.165) is 32.1 Å². The summed E-state index contributed by atoms with van der Waals surface area (Å²) in [6, 6.07) is 0. The maximum atomic E-state index is 12.3. The van der Waals surface area contributed by atoms with Crippen molar-refractivity contribution in [3.05, 3.63) is 0 Å². The second-order valence-corrected chi connectivity index (χ2v) is 4.79. The summed E-state index contributed by atoms with van der Waals surface area (Å²) >= 11 is 0. The highest BCUT2D eigenvalue weighted by molar-refractivity contribution is 5.89. The zero-order valence-corrected chi connectivity index (χ0v) is 10.3. The standard InChI is InChI=1S/C13H24O2/c1-4-11(2)12(14)13(15-3)9-7-5-6-8-10-13/h11H,4-10H2,1-3H3. The van der Waals surface area contributed by atoms with Gasteiger partial charge in [-0.05, 0) is 19.3 Å². The highest BCUT2D eigenvalue weighted by Crippen LogP contribution is 2.33. The minimum Gasteiger partial charge on any atom is -0.370 e. The average molecular weight is 212 g/mol. The van der Waals surface area contributed by atoms with Gasteiger partial charge in [-0.15, -0.1) is 0 Å². The van der Waals surface area contributed by atoms with Gasteiger partial charge in [-0.2, -0.15) is 0 Å². The topological polar surface area (TPSA) is 26.3 Å². The summed E-state index contributed by atoms with van der Waals surface area (Å²) in [6.07, 6.45) is 7.53. The van der Waals surface area contributed by atoms with Gasteiger partial charge in [-0.3, -0.25) is 4.79 Å². The third-order valence-corrected chi connectivity index (χ3v) is 3.81. The van der Waals surface area contributed by atoms with Crippen LogP contribution < -0.4 is 0 Å². The van der Waals surface area contributed by atoms with Crippen LogP contribution in [0.25, 0.3) is 0 Å². The Morgan fingerprint density at radius 1 is 1.27 bits per heavy atom. The van der Waals surface area contributed by atoms with Crippen LogP contribution in [-0.4, -0.2) is 18.5 Å². The fraction of sp³-hybridized carbons (Fsp3) is 0.923. The van der Waals surface area contributed by atoms with Gasteiger partial charge in [0.25, 0.3) is 0 Å². The SMILES string of the molecule is CCC(C)C(=O)C1(OC)CCCCCC1. The Hall–Kier alpha value is -0.370. The zero-order valence-electron chi connectivity index (χ0n) is 10.3. The lowest BCUT2D eigenvalue weighted by Gasteiger charge is -2.32. The average Bonchev–Trinajstić information content (AvgIpc) is 2.53. The molecule has 1 unspecified atom stereocenters. The normalized spacial score (nSPS) is 23.1. The predicted octanol–water partition coefficient (Wildman–Crippen LogP) is 3.34. The quantitative estimate of drug-likeness (QED) is 0.668. The molecule has 1 aliphatic carbocycles. The number of hydrogen-bond acceptors (Lipinski definition) is 2. The highest BCUT2D eigenvalue weighted by atomic mass is 16.5. The Bertz CT molecular complexity index is 203. The smallest absolute Gasteiger partial charge is 0.167 e. The van der Waals surface area contributed by atoms with Crippen molar-refractivity contribution in [2.75, 3.05) is 7.11 Å². The van der Waals surface area contributed by atoms with Crippen molar-refractivity contribution in [2.24, 2.45) is 5.92 Å². The molecule has 15 heavy (non-hydrogen) atoms. The molecule has 2 nitrogen and oxygen atoms in total. The molecule has 0 saturated heterocycles. The van der Waals surface area contributed by atoms with E-state index >= 15 is 0 Å². The molecule has 2 heteroatoms. The van der Waals surface area contributed by atoms with E-state index < -0.39 is 5.60 Å². The van der Waals surface area contributed by atoms with Crippen LogP contribution in [0.2, 0.25) is 0 Å². The first-order valence-electron chi connectivity index (χ1n) is 6.25. The molecule has 0 bridgehead atoms. The van der Waals surface area contributed by atoms with Gasteiger partial charge < -0.3 is 4.74 Å². The summed E-state index contributed by atoms with van der Waals surface area (Å²) in [5, 5.41) is 0. The molecule has 1 atom stereocenters. The van der Waals surface area contributed by atoms with Gasteiger partial charge >= 0.3 is 0 Å². The summed E-state index contributed by atoms with van der Waals surface area (Å²) < 4.78 is 5.59. The van der Waals surface area contributed by atoms with Crippen LogP contribution in [0.4, 0.5) is 0 Å². The van der Waals surface area contributed by atoms with Gasteiger partial charge in [0, 0.05) is 13.0 Å². The van der Waals surface area contributed by atoms with Crippen LogP contribution in [0.15, 0.2) is 0 Å². The van der Waals surface area contributed by atoms with Crippen LogP contribution in [-0.2, 0) is 9.53 Å². The van der Waals surface area contributed by atoms with Gasteiger partial charge in [-0.1, -0.05) is 39.5 Å². The lowest BCUT2D eigenvalue weighted by atomic mass is 9.82. The van der Waals surface area contributed by atoms with Crippen molar-refractivity contribution >= 4 is 5.78 Å². The first-order valence-corrected chi connectivity index (χ1v) is 6.25. The molecule has 0 radical (unpaired) electrons. The molecule has 0 N–H and O–H groups in total. The molecule has 1 rings (SSSR count). The van der Waals surface area contributed by atoms with Gasteiger partial charge in [-0.25, -0.2) is 0 Å². The number of Topliss-reactive ketones (excluding diaryl/α,β-unsaturated/α-hetero) is 1. The van der Waals surface area contributed by atoms with Crippen molar-refractivity contribution in [1.29, 1.82) is 0 Å². The van der Waals surface area contributed by atoms with E-state index in [-0.39, 0.29) is 5.92 Å². The molecule has 0 amide bonds. The number of carbonyl (C=O) groups is 1. The third kappa shape index (κ3) is 2.81. The molecule has 0 spiro atoms. The maximum absolute atomic E-state index is 12.3. The van der Waals surface area contributed by atoms with Crippen molar-refractivity contribution in [3.63, 3.8) is 0 Å². The molecule has 0 aromatic heterocycles. The Balaban J connectivity index is 2.76. The summed E-state index contributed by atoms with van der Waals surface area (Å²) in [7, 11) is 1.70. The van der Waals surface area contributed by atoms with Gasteiger partial charge in [0.15, 0.2) is 5.78 Å². The third-order valence-electron chi connectivity index (χ3n) is 3.81. The Morgan fingerprint density at radius 2 is 1.80 bits per heavy atom. The second-order valence-electron chi connectivity index (χ2n) is 4.79. The zero-order chi connectivity index (χ0) is 11.3. The van der Waals surface area contributed by atoms with Crippen LogP contribution in [0, 0.1) is 5.92 Å². The molecule has 0 aliphatic heterocycles. The summed E-state index contributed by atoms with van der Waals surface area (Å²) in [5.74, 6) is 0.470. The van der Waals surface area contributed by atoms with E-state index in [4.69, 9.17) is 4.74 Å². The molecule has 1 aliphatic rings. The molecular formula is C13H24O2. The minimum absolute atomic E-state index is 0.142. The number of ketones is 1. The first kappa shape index (κ1) is 12.7. The molecule has 0 aromatic carbocycles. The number of hydrogen-bond donors (Lipinski definition) is 0. The fourth-order valence-electron chi connectivity index (χ4n) is 2.49. The van der Waals surface area contributed by atoms with E-state index in [2.05, 4.69) is 6.92 Å². The summed E-state index contributed by atoms with van der Waals surface area (Å²) in [5.41, 5.74) is -0.452. The van der Waals surface area contributed by atoms with E-state index in [0.29, 0.717) is 5.78 Å². The Kier molecular flexibility index (Phi) is 4.78. The highest BCUT2D eigenvalue weighted by Gasteiger charge is 2.39. The number of carbonyl (C=O) groups excluding carboxylic acids is 1. The Morgan fingerprint density at radius 3 is 2.20 bits per heavy atom. The van der Waals surface area contributed by atoms with Crippen molar-refractivity contribution in [2.45, 2.75) is 64.4 Å². The maximum Gasteiger partial charge on any atom is 0.167 e. The lowest BCUT2D eigenvalue weighted by molar-refractivity contribution is -0.146. The van der Waals surface area contributed by atoms with Crippen LogP contribution in [0.1, 0.15) is 58.8 Å². The summed E-state index contributed by atoms with van der Waals surface area (Å²) in [4.78, 5) is 12.3. The van der Waals surface area contributed by atoms with Gasteiger partial charge in [0.05, 0.1) is 0 Å². The predicted molar refractivity (Wildman–Crippen MR) is 61.9 cm³/mol. The van der Waals surface area contributed by atoms with Crippen molar-refractivity contribution in [1.82, 2.24) is 0 Å². The van der Waals surface area contributed by atoms with E-state index in [1.807, 2.05) is 6.92 Å². The van der Waals surface area contributed by atoms with E-state index in [1.54, 1.807) is 7.11 Å². The monoisotopic (exact) mass is 212 g/mol. The molecule has 88 valence electrons. The number of methoxy groups -OCH3 is 1. The van der Waals surface area contributed by atoms with Gasteiger partial charge in [0.1, 0.15) is 5.60 Å². The summed E-state index contributed by atoms with van der Waals surface area (Å²) in [6.45, 7) is 4.09. The van der Waals surface area contributed by atoms with Crippen molar-refractivity contribution < 1.29 is 9.53 Å². The number of ether oxygens (including phenoxy) is 1. The molecule has 0 heterocycles. The van der Waals surface area contributed by atoms with Crippen LogP contribution in [0.3, 0.4) is 0 Å². The first-order chi connectivity index (χ1) is 7.16. The van der Waals surface area contributed by atoms with E-state index in [1.165, 1.54) is 12.8 Å². The lowest BCUT2D eigenvalue weighted by Crippen LogP contribution is -2.43. The van der Waals surface area contributed by atoms with Crippen LogP contribution >= 0.6 is 0 Å². The molecular weight excluding hydrogens is 188 g/mol. The Labute approximate surface area is 93.4 Å². The number of rotatable bonds is 4. The van der Waals surface area contributed by atoms with Crippen molar-refractivity contribution in [3.8, 4) is 0 Å². The fourth-order valence-corrected chi connectivity index (χ4v) is 2.49. The minimum atomic E-state index is -0.452. The molecule has 0 aromatic rings. The van der Waals surface area contributed by atoms with Crippen LogP contribution in [0.5, 0.6) is 0 Å². The molecule has 1 fully saturated rings. The van der Waals surface area contributed by atoms with Gasteiger partial charge in [0.2, 0.25) is 0 Å².